The number of carbonyl (C=O) groups excluding carboxylic acids is 1. The second-order valence-corrected chi connectivity index (χ2v) is 9.04. The molecule has 2 aromatic heterocycles. The zero-order valence-electron chi connectivity index (χ0n) is 20.8. The van der Waals surface area contributed by atoms with Gasteiger partial charge in [0.2, 0.25) is 5.89 Å². The van der Waals surface area contributed by atoms with Crippen molar-refractivity contribution in [2.24, 2.45) is 0 Å². The Hall–Kier alpha value is -5.50. The minimum absolute atomic E-state index is 0.0271. The van der Waals surface area contributed by atoms with Gasteiger partial charge >= 0.3 is 0 Å². The number of hydrogen-bond acceptors (Lipinski definition) is 6. The summed E-state index contributed by atoms with van der Waals surface area (Å²) in [7, 11) is 0. The highest BCUT2D eigenvalue weighted by Crippen LogP contribution is 2.33. The number of carbonyl (C=O) groups is 1. The lowest BCUT2D eigenvalue weighted by Gasteiger charge is -2.03. The SMILES string of the molecule is Cc1ccc(-c2ccc(C(=O)Nc3ccc4oc(-c5ccc(-c6ccccc6)cc5)nc4c3)o2)c([N+](=O)[O-])c1. The summed E-state index contributed by atoms with van der Waals surface area (Å²) in [6.07, 6.45) is 0. The molecule has 0 aliphatic heterocycles. The van der Waals surface area contributed by atoms with E-state index in [2.05, 4.69) is 22.4 Å². The van der Waals surface area contributed by atoms with Crippen molar-refractivity contribution in [1.82, 2.24) is 4.98 Å². The maximum Gasteiger partial charge on any atom is 0.291 e. The molecule has 4 aromatic carbocycles. The van der Waals surface area contributed by atoms with Crippen molar-refractivity contribution >= 4 is 28.4 Å². The molecule has 0 aliphatic carbocycles. The van der Waals surface area contributed by atoms with Crippen molar-refractivity contribution in [1.29, 1.82) is 0 Å². The molecule has 2 heterocycles. The number of fused-ring (bicyclic) bond motifs is 1. The Labute approximate surface area is 222 Å². The highest BCUT2D eigenvalue weighted by Gasteiger charge is 2.20. The quantitative estimate of drug-likeness (QED) is 0.178. The van der Waals surface area contributed by atoms with Crippen molar-refractivity contribution in [3.63, 3.8) is 0 Å². The first kappa shape index (κ1) is 23.9. The van der Waals surface area contributed by atoms with Gasteiger partial charge < -0.3 is 14.2 Å². The maximum absolute atomic E-state index is 12.9. The van der Waals surface area contributed by atoms with Crippen LogP contribution in [0.2, 0.25) is 0 Å². The van der Waals surface area contributed by atoms with Gasteiger partial charge in [-0.15, -0.1) is 0 Å². The van der Waals surface area contributed by atoms with E-state index in [1.165, 1.54) is 12.1 Å². The third-order valence-electron chi connectivity index (χ3n) is 6.33. The number of oxazole rings is 1. The van der Waals surface area contributed by atoms with Crippen LogP contribution in [0.1, 0.15) is 16.1 Å². The average Bonchev–Trinajstić information content (AvgIpc) is 3.61. The highest BCUT2D eigenvalue weighted by atomic mass is 16.6. The van der Waals surface area contributed by atoms with Gasteiger partial charge in [0.15, 0.2) is 11.3 Å². The number of nitro groups is 1. The van der Waals surface area contributed by atoms with Crippen LogP contribution in [0.3, 0.4) is 0 Å². The van der Waals surface area contributed by atoms with Crippen molar-refractivity contribution in [3.8, 4) is 33.9 Å². The number of aromatic nitrogens is 1. The predicted octanol–water partition coefficient (Wildman–Crippen LogP) is 7.89. The topological polar surface area (TPSA) is 111 Å². The van der Waals surface area contributed by atoms with Gasteiger partial charge in [-0.3, -0.25) is 14.9 Å². The summed E-state index contributed by atoms with van der Waals surface area (Å²) >= 11 is 0. The monoisotopic (exact) mass is 515 g/mol. The van der Waals surface area contributed by atoms with E-state index in [0.29, 0.717) is 28.2 Å². The molecule has 0 radical (unpaired) electrons. The second kappa shape index (κ2) is 9.75. The number of benzene rings is 4. The Bertz CT molecular complexity index is 1840. The zero-order valence-corrected chi connectivity index (χ0v) is 20.8. The predicted molar refractivity (Wildman–Crippen MR) is 148 cm³/mol. The van der Waals surface area contributed by atoms with Gasteiger partial charge in [-0.1, -0.05) is 48.5 Å². The van der Waals surface area contributed by atoms with Gasteiger partial charge in [-0.2, -0.15) is 0 Å². The molecular formula is C31H21N3O5. The van der Waals surface area contributed by atoms with E-state index in [1.54, 1.807) is 43.3 Å². The molecule has 0 saturated carbocycles. The first-order valence-electron chi connectivity index (χ1n) is 12.2. The van der Waals surface area contributed by atoms with Crippen molar-refractivity contribution < 1.29 is 18.6 Å². The summed E-state index contributed by atoms with van der Waals surface area (Å²) < 4.78 is 11.6. The molecule has 1 amide bonds. The Morgan fingerprint density at radius 1 is 0.821 bits per heavy atom. The Morgan fingerprint density at radius 3 is 2.33 bits per heavy atom. The highest BCUT2D eigenvalue weighted by molar-refractivity contribution is 6.03. The van der Waals surface area contributed by atoms with E-state index in [4.69, 9.17) is 8.83 Å². The van der Waals surface area contributed by atoms with Crippen molar-refractivity contribution in [2.45, 2.75) is 6.92 Å². The van der Waals surface area contributed by atoms with E-state index < -0.39 is 10.8 Å². The Kier molecular flexibility index (Phi) is 5.97. The normalized spacial score (nSPS) is 11.0. The van der Waals surface area contributed by atoms with Crippen LogP contribution in [0.4, 0.5) is 11.4 Å². The van der Waals surface area contributed by atoms with Crippen molar-refractivity contribution in [3.05, 3.63) is 125 Å². The lowest BCUT2D eigenvalue weighted by atomic mass is 10.0. The van der Waals surface area contributed by atoms with Gasteiger partial charge in [0.1, 0.15) is 11.3 Å². The molecule has 6 aromatic rings. The van der Waals surface area contributed by atoms with Crippen LogP contribution in [-0.4, -0.2) is 15.8 Å². The smallest absolute Gasteiger partial charge is 0.291 e. The van der Waals surface area contributed by atoms with Gasteiger partial charge in [0.25, 0.3) is 11.6 Å². The van der Waals surface area contributed by atoms with Crippen LogP contribution in [0.15, 0.2) is 112 Å². The molecule has 0 unspecified atom stereocenters. The van der Waals surface area contributed by atoms with Crippen LogP contribution in [-0.2, 0) is 0 Å². The summed E-state index contributed by atoms with van der Waals surface area (Å²) in [5.41, 5.74) is 5.71. The summed E-state index contributed by atoms with van der Waals surface area (Å²) in [5.74, 6) is 0.250. The molecule has 0 saturated heterocycles. The molecule has 1 N–H and O–H groups in total. The number of amides is 1. The van der Waals surface area contributed by atoms with Crippen LogP contribution < -0.4 is 5.32 Å². The maximum atomic E-state index is 12.9. The molecule has 0 aliphatic rings. The van der Waals surface area contributed by atoms with Gasteiger partial charge in [0.05, 0.1) is 10.5 Å². The number of nitrogens with one attached hydrogen (secondary N) is 1. The first-order chi connectivity index (χ1) is 18.9. The molecule has 0 atom stereocenters. The second-order valence-electron chi connectivity index (χ2n) is 9.04. The third kappa shape index (κ3) is 4.78. The van der Waals surface area contributed by atoms with Gasteiger partial charge in [-0.25, -0.2) is 4.98 Å². The fourth-order valence-corrected chi connectivity index (χ4v) is 4.36. The van der Waals surface area contributed by atoms with Gasteiger partial charge in [-0.05, 0) is 72.1 Å². The fraction of sp³-hybridized carbons (Fsp3) is 0.0323. The van der Waals surface area contributed by atoms with E-state index in [-0.39, 0.29) is 17.2 Å². The summed E-state index contributed by atoms with van der Waals surface area (Å²) in [4.78, 5) is 28.5. The molecule has 39 heavy (non-hydrogen) atoms. The number of nitrogens with zero attached hydrogens (tertiary/aromatic N) is 2. The minimum Gasteiger partial charge on any atom is -0.451 e. The summed E-state index contributed by atoms with van der Waals surface area (Å²) in [5, 5.41) is 14.3. The summed E-state index contributed by atoms with van der Waals surface area (Å²) in [6.45, 7) is 1.77. The van der Waals surface area contributed by atoms with Crippen LogP contribution in [0, 0.1) is 17.0 Å². The number of furan rings is 1. The zero-order chi connectivity index (χ0) is 26.9. The molecule has 8 heteroatoms. The molecule has 6 rings (SSSR count). The number of hydrogen-bond donors (Lipinski definition) is 1. The summed E-state index contributed by atoms with van der Waals surface area (Å²) in [6, 6.07) is 31.1. The number of rotatable bonds is 6. The van der Waals surface area contributed by atoms with Crippen molar-refractivity contribution in [2.75, 3.05) is 5.32 Å². The molecule has 0 spiro atoms. The lowest BCUT2D eigenvalue weighted by molar-refractivity contribution is -0.384. The third-order valence-corrected chi connectivity index (χ3v) is 6.33. The Balaban J connectivity index is 1.20. The average molecular weight is 516 g/mol. The van der Waals surface area contributed by atoms with E-state index in [9.17, 15) is 14.9 Å². The molecule has 0 fully saturated rings. The number of anilines is 1. The van der Waals surface area contributed by atoms with E-state index in [1.807, 2.05) is 42.5 Å². The van der Waals surface area contributed by atoms with E-state index >= 15 is 0 Å². The van der Waals surface area contributed by atoms with Crippen LogP contribution in [0.5, 0.6) is 0 Å². The fourth-order valence-electron chi connectivity index (χ4n) is 4.36. The molecule has 190 valence electrons. The number of aryl methyl sites for hydroxylation is 1. The Morgan fingerprint density at radius 2 is 1.56 bits per heavy atom. The molecule has 0 bridgehead atoms. The number of nitro benzene ring substituents is 1. The minimum atomic E-state index is -0.490. The van der Waals surface area contributed by atoms with Crippen LogP contribution >= 0.6 is 0 Å². The first-order valence-corrected chi connectivity index (χ1v) is 12.2. The molecule has 8 nitrogen and oxygen atoms in total. The molecular weight excluding hydrogens is 494 g/mol. The van der Waals surface area contributed by atoms with E-state index in [0.717, 1.165) is 22.3 Å². The van der Waals surface area contributed by atoms with Gasteiger partial charge in [0, 0.05) is 17.3 Å². The van der Waals surface area contributed by atoms with Crippen LogP contribution in [0.25, 0.3) is 45.0 Å². The lowest BCUT2D eigenvalue weighted by Crippen LogP contribution is -2.10. The largest absolute Gasteiger partial charge is 0.451 e. The standard InChI is InChI=1S/C31H21N3O5/c1-19-7-13-24(26(17-19)34(36)37)27-15-16-29(38-27)30(35)32-23-12-14-28-25(18-23)33-31(39-28)22-10-8-21(9-11-22)20-5-3-2-4-6-20/h2-18H,1H3,(H,32,35).